The lowest BCUT2D eigenvalue weighted by Gasteiger charge is -2.24. The van der Waals surface area contributed by atoms with E-state index in [1.807, 2.05) is 31.9 Å². The van der Waals surface area contributed by atoms with Crippen molar-refractivity contribution in [3.63, 3.8) is 0 Å². The van der Waals surface area contributed by atoms with Gasteiger partial charge < -0.3 is 5.73 Å². The van der Waals surface area contributed by atoms with Gasteiger partial charge in [-0.3, -0.25) is 15.0 Å². The SMILES string of the molecule is Cc1ccc(CN(C)[C@H](C)C(=O)NC(N)=O)c(C)c1. The van der Waals surface area contributed by atoms with Crippen molar-refractivity contribution in [3.8, 4) is 0 Å². The summed E-state index contributed by atoms with van der Waals surface area (Å²) in [6.07, 6.45) is 0. The highest BCUT2D eigenvalue weighted by Gasteiger charge is 2.19. The normalized spacial score (nSPS) is 12.3. The number of nitrogens with one attached hydrogen (secondary N) is 1. The van der Waals surface area contributed by atoms with E-state index in [0.717, 1.165) is 5.56 Å². The van der Waals surface area contributed by atoms with Crippen LogP contribution in [0.2, 0.25) is 0 Å². The molecule has 0 saturated heterocycles. The van der Waals surface area contributed by atoms with E-state index in [1.165, 1.54) is 11.1 Å². The Morgan fingerprint density at radius 3 is 2.53 bits per heavy atom. The molecule has 0 unspecified atom stereocenters. The van der Waals surface area contributed by atoms with Gasteiger partial charge in [0.1, 0.15) is 0 Å². The summed E-state index contributed by atoms with van der Waals surface area (Å²) in [5.74, 6) is -0.389. The molecule has 3 N–H and O–H groups in total. The summed E-state index contributed by atoms with van der Waals surface area (Å²) < 4.78 is 0. The van der Waals surface area contributed by atoms with Crippen molar-refractivity contribution in [1.82, 2.24) is 10.2 Å². The molecule has 0 aliphatic carbocycles. The first kappa shape index (κ1) is 15.2. The van der Waals surface area contributed by atoms with Crippen LogP contribution in [-0.2, 0) is 11.3 Å². The Bertz CT molecular complexity index is 486. The number of imide groups is 1. The lowest BCUT2D eigenvalue weighted by Crippen LogP contribution is -2.46. The number of likely N-dealkylation sites (N-methyl/N-ethyl adjacent to an activating group) is 1. The first-order valence-electron chi connectivity index (χ1n) is 6.18. The maximum absolute atomic E-state index is 11.7. The van der Waals surface area contributed by atoms with E-state index in [-0.39, 0.29) is 5.91 Å². The second kappa shape index (κ2) is 6.33. The molecule has 0 saturated carbocycles. The third-order valence-corrected chi connectivity index (χ3v) is 3.20. The van der Waals surface area contributed by atoms with E-state index in [1.54, 1.807) is 6.92 Å². The molecule has 5 heteroatoms. The fraction of sp³-hybridized carbons (Fsp3) is 0.429. The number of rotatable bonds is 4. The summed E-state index contributed by atoms with van der Waals surface area (Å²) in [5, 5.41) is 2.09. The molecule has 1 aromatic rings. The summed E-state index contributed by atoms with van der Waals surface area (Å²) in [4.78, 5) is 24.2. The number of benzene rings is 1. The number of nitrogens with two attached hydrogens (primary N) is 1. The van der Waals surface area contributed by atoms with Crippen LogP contribution in [0.1, 0.15) is 23.6 Å². The Labute approximate surface area is 113 Å². The van der Waals surface area contributed by atoms with Gasteiger partial charge in [0.25, 0.3) is 0 Å². The van der Waals surface area contributed by atoms with Crippen LogP contribution < -0.4 is 11.1 Å². The number of hydrogen-bond donors (Lipinski definition) is 2. The standard InChI is InChI=1S/C14H21N3O2/c1-9-5-6-12(10(2)7-9)8-17(4)11(3)13(18)16-14(15)19/h5-7,11H,8H2,1-4H3,(H3,15,16,18,19)/t11-/m1/s1. The number of carbonyl (C=O) groups excluding carboxylic acids is 2. The third kappa shape index (κ3) is 4.37. The van der Waals surface area contributed by atoms with E-state index in [0.29, 0.717) is 6.54 Å². The van der Waals surface area contributed by atoms with Gasteiger partial charge in [0.15, 0.2) is 0 Å². The van der Waals surface area contributed by atoms with Crippen molar-refractivity contribution in [2.24, 2.45) is 5.73 Å². The van der Waals surface area contributed by atoms with Crippen molar-refractivity contribution in [3.05, 3.63) is 34.9 Å². The summed E-state index contributed by atoms with van der Waals surface area (Å²) in [6.45, 7) is 6.47. The van der Waals surface area contributed by atoms with Crippen molar-refractivity contribution < 1.29 is 9.59 Å². The predicted octanol–water partition coefficient (Wildman–Crippen LogP) is 1.32. The topological polar surface area (TPSA) is 75.4 Å². The lowest BCUT2D eigenvalue weighted by atomic mass is 10.0. The maximum atomic E-state index is 11.7. The van der Waals surface area contributed by atoms with Crippen molar-refractivity contribution in [1.29, 1.82) is 0 Å². The molecule has 19 heavy (non-hydrogen) atoms. The lowest BCUT2D eigenvalue weighted by molar-refractivity contribution is -0.124. The molecule has 0 spiro atoms. The smallest absolute Gasteiger partial charge is 0.318 e. The minimum Gasteiger partial charge on any atom is -0.351 e. The van der Waals surface area contributed by atoms with E-state index in [2.05, 4.69) is 17.4 Å². The molecule has 0 aliphatic rings. The van der Waals surface area contributed by atoms with Crippen molar-refractivity contribution >= 4 is 11.9 Å². The number of nitrogens with zero attached hydrogens (tertiary/aromatic N) is 1. The molecule has 3 amide bonds. The van der Waals surface area contributed by atoms with Gasteiger partial charge in [-0.2, -0.15) is 0 Å². The van der Waals surface area contributed by atoms with Gasteiger partial charge >= 0.3 is 6.03 Å². The minimum atomic E-state index is -0.822. The number of primary amides is 1. The Balaban J connectivity index is 2.70. The second-order valence-electron chi connectivity index (χ2n) is 4.87. The predicted molar refractivity (Wildman–Crippen MR) is 74.6 cm³/mol. The zero-order valence-electron chi connectivity index (χ0n) is 11.9. The highest BCUT2D eigenvalue weighted by Crippen LogP contribution is 2.13. The van der Waals surface area contributed by atoms with Crippen molar-refractivity contribution in [2.45, 2.75) is 33.4 Å². The molecule has 104 valence electrons. The average molecular weight is 263 g/mol. The van der Waals surface area contributed by atoms with Crippen LogP contribution in [0.15, 0.2) is 18.2 Å². The van der Waals surface area contributed by atoms with Crippen LogP contribution in [0.4, 0.5) is 4.79 Å². The molecular weight excluding hydrogens is 242 g/mol. The molecule has 0 radical (unpaired) electrons. The van der Waals surface area contributed by atoms with Gasteiger partial charge in [-0.05, 0) is 38.9 Å². The molecular formula is C14H21N3O2. The largest absolute Gasteiger partial charge is 0.351 e. The molecule has 1 rings (SSSR count). The molecule has 5 nitrogen and oxygen atoms in total. The summed E-state index contributed by atoms with van der Waals surface area (Å²) >= 11 is 0. The first-order chi connectivity index (χ1) is 8.81. The van der Waals surface area contributed by atoms with Gasteiger partial charge in [0.2, 0.25) is 5.91 Å². The highest BCUT2D eigenvalue weighted by atomic mass is 16.2. The average Bonchev–Trinajstić information content (AvgIpc) is 2.30. The summed E-state index contributed by atoms with van der Waals surface area (Å²) in [5.41, 5.74) is 8.50. The maximum Gasteiger partial charge on any atom is 0.318 e. The number of aryl methyl sites for hydroxylation is 2. The molecule has 0 aliphatic heterocycles. The fourth-order valence-corrected chi connectivity index (χ4v) is 1.85. The van der Waals surface area contributed by atoms with Crippen LogP contribution in [0.25, 0.3) is 0 Å². The van der Waals surface area contributed by atoms with Gasteiger partial charge in [-0.25, -0.2) is 4.79 Å². The van der Waals surface area contributed by atoms with Crippen molar-refractivity contribution in [2.75, 3.05) is 7.05 Å². The minimum absolute atomic E-state index is 0.389. The van der Waals surface area contributed by atoms with E-state index in [9.17, 15) is 9.59 Å². The number of urea groups is 1. The zero-order chi connectivity index (χ0) is 14.6. The van der Waals surface area contributed by atoms with Crippen LogP contribution in [0.3, 0.4) is 0 Å². The Hall–Kier alpha value is -1.88. The monoisotopic (exact) mass is 263 g/mol. The molecule has 1 atom stereocenters. The van der Waals surface area contributed by atoms with Gasteiger partial charge in [0.05, 0.1) is 6.04 Å². The van der Waals surface area contributed by atoms with Gasteiger partial charge in [-0.1, -0.05) is 23.8 Å². The Morgan fingerprint density at radius 2 is 2.00 bits per heavy atom. The van der Waals surface area contributed by atoms with Crippen LogP contribution in [0.5, 0.6) is 0 Å². The zero-order valence-corrected chi connectivity index (χ0v) is 11.9. The van der Waals surface area contributed by atoms with Crippen LogP contribution in [-0.4, -0.2) is 29.9 Å². The van der Waals surface area contributed by atoms with Crippen LogP contribution in [0, 0.1) is 13.8 Å². The van der Waals surface area contributed by atoms with E-state index >= 15 is 0 Å². The summed E-state index contributed by atoms with van der Waals surface area (Å²) in [6, 6.07) is 4.96. The highest BCUT2D eigenvalue weighted by molar-refractivity contribution is 5.96. The molecule has 0 fully saturated rings. The molecule has 1 aromatic carbocycles. The van der Waals surface area contributed by atoms with Gasteiger partial charge in [0, 0.05) is 6.54 Å². The number of carbonyl (C=O) groups is 2. The number of amides is 3. The fourth-order valence-electron chi connectivity index (χ4n) is 1.85. The molecule has 0 bridgehead atoms. The molecule has 0 aromatic heterocycles. The van der Waals surface area contributed by atoms with E-state index in [4.69, 9.17) is 5.73 Å². The van der Waals surface area contributed by atoms with Gasteiger partial charge in [-0.15, -0.1) is 0 Å². The third-order valence-electron chi connectivity index (χ3n) is 3.20. The summed E-state index contributed by atoms with van der Waals surface area (Å²) in [7, 11) is 1.84. The second-order valence-corrected chi connectivity index (χ2v) is 4.87. The van der Waals surface area contributed by atoms with Crippen LogP contribution >= 0.6 is 0 Å². The Morgan fingerprint density at radius 1 is 1.37 bits per heavy atom. The molecule has 0 heterocycles. The van der Waals surface area contributed by atoms with E-state index < -0.39 is 12.1 Å². The quantitative estimate of drug-likeness (QED) is 0.860. The first-order valence-corrected chi connectivity index (χ1v) is 6.18. The number of hydrogen-bond acceptors (Lipinski definition) is 3. The Kier molecular flexibility index (Phi) is 5.06.